The average Bonchev–Trinajstić information content (AvgIpc) is 3.14. The number of aromatic nitrogens is 3. The molecule has 128 valence electrons. The van der Waals surface area contributed by atoms with Gasteiger partial charge in [0.05, 0.1) is 6.54 Å². The fourth-order valence-electron chi connectivity index (χ4n) is 3.11. The number of likely N-dealkylation sites (tertiary alicyclic amines) is 1. The van der Waals surface area contributed by atoms with Crippen molar-refractivity contribution < 1.29 is 4.79 Å². The van der Waals surface area contributed by atoms with Gasteiger partial charge in [0, 0.05) is 12.1 Å². The Bertz CT molecular complexity index is 630. The summed E-state index contributed by atoms with van der Waals surface area (Å²) in [6.45, 7) is 7.06. The number of amides is 1. The number of benzene rings is 1. The van der Waals surface area contributed by atoms with Crippen molar-refractivity contribution in [3.05, 3.63) is 48.0 Å². The van der Waals surface area contributed by atoms with E-state index < -0.39 is 0 Å². The van der Waals surface area contributed by atoms with E-state index in [0.29, 0.717) is 18.0 Å². The van der Waals surface area contributed by atoms with Gasteiger partial charge in [0.25, 0.3) is 5.91 Å². The van der Waals surface area contributed by atoms with Crippen LogP contribution in [0, 0.1) is 5.92 Å². The van der Waals surface area contributed by atoms with Crippen LogP contribution in [0.2, 0.25) is 0 Å². The van der Waals surface area contributed by atoms with E-state index >= 15 is 0 Å². The number of nitrogens with zero attached hydrogens (tertiary/aromatic N) is 4. The van der Waals surface area contributed by atoms with Gasteiger partial charge in [-0.3, -0.25) is 4.79 Å². The first-order valence-electron chi connectivity index (χ1n) is 8.66. The Hall–Kier alpha value is -2.21. The minimum atomic E-state index is 0.0141. The molecule has 3 rings (SSSR count). The predicted octanol–water partition coefficient (Wildman–Crippen LogP) is 1.79. The normalized spacial score (nSPS) is 16.2. The standard InChI is InChI=1S/C18H25N5O/c1-2-22-9-7-15(8-10-22)11-20-18(24)17-5-3-16(4-6-17)12-23-14-19-13-21-23/h3-6,13-15H,2,7-12H2,1H3,(H,20,24). The Morgan fingerprint density at radius 1 is 1.25 bits per heavy atom. The molecule has 1 aromatic heterocycles. The molecule has 2 aromatic rings. The van der Waals surface area contributed by atoms with Crippen molar-refractivity contribution in [2.24, 2.45) is 5.92 Å². The quantitative estimate of drug-likeness (QED) is 0.878. The van der Waals surface area contributed by atoms with Crippen molar-refractivity contribution >= 4 is 5.91 Å². The summed E-state index contributed by atoms with van der Waals surface area (Å²) in [6, 6.07) is 7.69. The molecule has 1 saturated heterocycles. The largest absolute Gasteiger partial charge is 0.352 e. The van der Waals surface area contributed by atoms with Crippen LogP contribution in [0.15, 0.2) is 36.9 Å². The highest BCUT2D eigenvalue weighted by Gasteiger charge is 2.18. The second-order valence-corrected chi connectivity index (χ2v) is 6.38. The van der Waals surface area contributed by atoms with Crippen molar-refractivity contribution in [3.63, 3.8) is 0 Å². The first-order chi connectivity index (χ1) is 11.7. The van der Waals surface area contributed by atoms with Crippen LogP contribution in [-0.2, 0) is 6.54 Å². The smallest absolute Gasteiger partial charge is 0.251 e. The van der Waals surface area contributed by atoms with E-state index in [0.717, 1.165) is 31.7 Å². The maximum absolute atomic E-state index is 12.3. The number of carbonyl (C=O) groups excluding carboxylic acids is 1. The molecule has 1 fully saturated rings. The van der Waals surface area contributed by atoms with E-state index in [1.54, 1.807) is 11.0 Å². The number of hydrogen-bond donors (Lipinski definition) is 1. The highest BCUT2D eigenvalue weighted by molar-refractivity contribution is 5.94. The zero-order chi connectivity index (χ0) is 16.8. The molecule has 0 aliphatic carbocycles. The molecule has 6 nitrogen and oxygen atoms in total. The minimum Gasteiger partial charge on any atom is -0.352 e. The zero-order valence-corrected chi connectivity index (χ0v) is 14.2. The van der Waals surface area contributed by atoms with Crippen LogP contribution in [0.5, 0.6) is 0 Å². The Morgan fingerprint density at radius 3 is 2.62 bits per heavy atom. The predicted molar refractivity (Wildman–Crippen MR) is 92.7 cm³/mol. The topological polar surface area (TPSA) is 63.1 Å². The average molecular weight is 327 g/mol. The van der Waals surface area contributed by atoms with E-state index in [1.807, 2.05) is 24.3 Å². The number of nitrogens with one attached hydrogen (secondary N) is 1. The molecule has 0 spiro atoms. The van der Waals surface area contributed by atoms with Crippen molar-refractivity contribution in [1.29, 1.82) is 0 Å². The lowest BCUT2D eigenvalue weighted by Gasteiger charge is -2.31. The van der Waals surface area contributed by atoms with E-state index in [2.05, 4.69) is 27.2 Å². The summed E-state index contributed by atoms with van der Waals surface area (Å²) >= 11 is 0. The summed E-state index contributed by atoms with van der Waals surface area (Å²) in [5, 5.41) is 7.17. The Kier molecular flexibility index (Phi) is 5.59. The van der Waals surface area contributed by atoms with Gasteiger partial charge < -0.3 is 10.2 Å². The molecule has 0 bridgehead atoms. The van der Waals surface area contributed by atoms with Gasteiger partial charge in [-0.2, -0.15) is 5.10 Å². The fraction of sp³-hybridized carbons (Fsp3) is 0.500. The summed E-state index contributed by atoms with van der Waals surface area (Å²) in [5.41, 5.74) is 1.81. The zero-order valence-electron chi connectivity index (χ0n) is 14.2. The summed E-state index contributed by atoms with van der Waals surface area (Å²) in [6.07, 6.45) is 5.55. The molecule has 6 heteroatoms. The number of piperidine rings is 1. The Labute approximate surface area is 142 Å². The van der Waals surface area contributed by atoms with Gasteiger partial charge in [0.2, 0.25) is 0 Å². The van der Waals surface area contributed by atoms with Gasteiger partial charge in [-0.1, -0.05) is 19.1 Å². The second-order valence-electron chi connectivity index (χ2n) is 6.38. The highest BCUT2D eigenvalue weighted by atomic mass is 16.1. The van der Waals surface area contributed by atoms with Gasteiger partial charge in [0.15, 0.2) is 0 Å². The SMILES string of the molecule is CCN1CCC(CNC(=O)c2ccc(Cn3cncn3)cc2)CC1. The molecule has 0 saturated carbocycles. The van der Waals surface area contributed by atoms with Crippen molar-refractivity contribution in [2.45, 2.75) is 26.3 Å². The molecule has 0 radical (unpaired) electrons. The molecule has 0 atom stereocenters. The lowest BCUT2D eigenvalue weighted by molar-refractivity contribution is 0.0937. The molecule has 1 aromatic carbocycles. The molecular formula is C18H25N5O. The maximum Gasteiger partial charge on any atom is 0.251 e. The van der Waals surface area contributed by atoms with E-state index in [-0.39, 0.29) is 5.91 Å². The first kappa shape index (κ1) is 16.6. The molecule has 1 amide bonds. The van der Waals surface area contributed by atoms with Crippen LogP contribution >= 0.6 is 0 Å². The van der Waals surface area contributed by atoms with Gasteiger partial charge in [-0.15, -0.1) is 0 Å². The van der Waals surface area contributed by atoms with Crippen LogP contribution < -0.4 is 5.32 Å². The summed E-state index contributed by atoms with van der Waals surface area (Å²) in [4.78, 5) is 18.7. The maximum atomic E-state index is 12.3. The van der Waals surface area contributed by atoms with Gasteiger partial charge in [-0.25, -0.2) is 9.67 Å². The molecule has 1 aliphatic heterocycles. The van der Waals surface area contributed by atoms with Crippen LogP contribution in [-0.4, -0.2) is 51.8 Å². The number of carbonyl (C=O) groups is 1. The van der Waals surface area contributed by atoms with Crippen LogP contribution in [0.4, 0.5) is 0 Å². The third kappa shape index (κ3) is 4.41. The highest BCUT2D eigenvalue weighted by Crippen LogP contribution is 2.16. The van der Waals surface area contributed by atoms with Crippen molar-refractivity contribution in [2.75, 3.05) is 26.2 Å². The third-order valence-electron chi connectivity index (χ3n) is 4.73. The molecule has 0 unspecified atom stereocenters. The molecule has 24 heavy (non-hydrogen) atoms. The summed E-state index contributed by atoms with van der Waals surface area (Å²) in [5.74, 6) is 0.614. The lowest BCUT2D eigenvalue weighted by atomic mass is 9.96. The van der Waals surface area contributed by atoms with Crippen LogP contribution in [0.1, 0.15) is 35.7 Å². The van der Waals surface area contributed by atoms with Gasteiger partial charge in [0.1, 0.15) is 12.7 Å². The lowest BCUT2D eigenvalue weighted by Crippen LogP contribution is -2.38. The molecular weight excluding hydrogens is 302 g/mol. The number of hydrogen-bond acceptors (Lipinski definition) is 4. The summed E-state index contributed by atoms with van der Waals surface area (Å²) < 4.78 is 1.76. The van der Waals surface area contributed by atoms with Gasteiger partial charge >= 0.3 is 0 Å². The van der Waals surface area contributed by atoms with E-state index in [9.17, 15) is 4.79 Å². The van der Waals surface area contributed by atoms with Crippen molar-refractivity contribution in [1.82, 2.24) is 25.0 Å². The molecule has 1 aliphatic rings. The summed E-state index contributed by atoms with van der Waals surface area (Å²) in [7, 11) is 0. The van der Waals surface area contributed by atoms with E-state index in [1.165, 1.54) is 19.2 Å². The van der Waals surface area contributed by atoms with Crippen molar-refractivity contribution in [3.8, 4) is 0 Å². The Balaban J connectivity index is 1.46. The van der Waals surface area contributed by atoms with Gasteiger partial charge in [-0.05, 0) is 56.1 Å². The first-order valence-corrected chi connectivity index (χ1v) is 8.66. The second kappa shape index (κ2) is 8.06. The minimum absolute atomic E-state index is 0.0141. The Morgan fingerprint density at radius 2 is 2.00 bits per heavy atom. The third-order valence-corrected chi connectivity index (χ3v) is 4.73. The van der Waals surface area contributed by atoms with Crippen LogP contribution in [0.25, 0.3) is 0 Å². The fourth-order valence-corrected chi connectivity index (χ4v) is 3.11. The van der Waals surface area contributed by atoms with Crippen LogP contribution in [0.3, 0.4) is 0 Å². The molecule has 1 N–H and O–H groups in total. The monoisotopic (exact) mass is 327 g/mol. The molecule has 2 heterocycles. The van der Waals surface area contributed by atoms with E-state index in [4.69, 9.17) is 0 Å². The number of rotatable bonds is 6.